The van der Waals surface area contributed by atoms with Gasteiger partial charge in [-0.15, -0.1) is 0 Å². The van der Waals surface area contributed by atoms with Gasteiger partial charge in [-0.1, -0.05) is 25.1 Å². The summed E-state index contributed by atoms with van der Waals surface area (Å²) in [5, 5.41) is 8.09. The standard InChI is InChI=1S/C15H21N3/c1-2-8-16-10-11-17-12-13-7-9-18-15-6-4-3-5-14(13)15/h3-7,9,16-17H,2,8,10-12H2,1H3. The summed E-state index contributed by atoms with van der Waals surface area (Å²) < 4.78 is 0. The van der Waals surface area contributed by atoms with E-state index in [-0.39, 0.29) is 0 Å². The summed E-state index contributed by atoms with van der Waals surface area (Å²) in [6, 6.07) is 10.4. The molecular weight excluding hydrogens is 222 g/mol. The lowest BCUT2D eigenvalue weighted by atomic mass is 10.1. The molecule has 2 rings (SSSR count). The van der Waals surface area contributed by atoms with Gasteiger partial charge in [0.1, 0.15) is 0 Å². The summed E-state index contributed by atoms with van der Waals surface area (Å²) >= 11 is 0. The fourth-order valence-corrected chi connectivity index (χ4v) is 2.01. The van der Waals surface area contributed by atoms with Crippen molar-refractivity contribution in [3.05, 3.63) is 42.1 Å². The van der Waals surface area contributed by atoms with E-state index >= 15 is 0 Å². The fourth-order valence-electron chi connectivity index (χ4n) is 2.01. The smallest absolute Gasteiger partial charge is 0.0705 e. The number of pyridine rings is 1. The molecule has 3 nitrogen and oxygen atoms in total. The number of nitrogens with zero attached hydrogens (tertiary/aromatic N) is 1. The minimum atomic E-state index is 0.900. The Balaban J connectivity index is 1.88. The van der Waals surface area contributed by atoms with E-state index in [0.717, 1.165) is 31.7 Å². The SMILES string of the molecule is CCCNCCNCc1ccnc2ccccc12. The van der Waals surface area contributed by atoms with Crippen molar-refractivity contribution in [3.63, 3.8) is 0 Å². The minimum absolute atomic E-state index is 0.900. The average Bonchev–Trinajstić information content (AvgIpc) is 2.43. The molecular formula is C15H21N3. The van der Waals surface area contributed by atoms with Crippen LogP contribution in [0.3, 0.4) is 0 Å². The lowest BCUT2D eigenvalue weighted by molar-refractivity contribution is 0.608. The van der Waals surface area contributed by atoms with Gasteiger partial charge in [-0.05, 0) is 30.7 Å². The second kappa shape index (κ2) is 7.09. The van der Waals surface area contributed by atoms with Crippen LogP contribution in [-0.2, 0) is 6.54 Å². The Morgan fingerprint density at radius 1 is 1.00 bits per heavy atom. The van der Waals surface area contributed by atoms with E-state index in [9.17, 15) is 0 Å². The summed E-state index contributed by atoms with van der Waals surface area (Å²) in [4.78, 5) is 4.37. The number of nitrogens with one attached hydrogen (secondary N) is 2. The molecule has 0 aliphatic carbocycles. The Labute approximate surface area is 109 Å². The van der Waals surface area contributed by atoms with Gasteiger partial charge >= 0.3 is 0 Å². The second-order valence-electron chi connectivity index (χ2n) is 4.41. The molecule has 3 heteroatoms. The molecule has 0 aliphatic heterocycles. The van der Waals surface area contributed by atoms with Gasteiger partial charge in [-0.2, -0.15) is 0 Å². The predicted molar refractivity (Wildman–Crippen MR) is 76.6 cm³/mol. The van der Waals surface area contributed by atoms with Crippen LogP contribution >= 0.6 is 0 Å². The summed E-state index contributed by atoms with van der Waals surface area (Å²) in [6.45, 7) is 6.20. The van der Waals surface area contributed by atoms with Crippen molar-refractivity contribution < 1.29 is 0 Å². The van der Waals surface area contributed by atoms with E-state index in [1.807, 2.05) is 12.3 Å². The summed E-state index contributed by atoms with van der Waals surface area (Å²) in [5.41, 5.74) is 2.39. The number of hydrogen-bond donors (Lipinski definition) is 2. The molecule has 0 bridgehead atoms. The highest BCUT2D eigenvalue weighted by atomic mass is 14.9. The second-order valence-corrected chi connectivity index (χ2v) is 4.41. The molecule has 0 saturated carbocycles. The van der Waals surface area contributed by atoms with Crippen LogP contribution in [0.4, 0.5) is 0 Å². The van der Waals surface area contributed by atoms with E-state index in [1.165, 1.54) is 17.4 Å². The number of benzene rings is 1. The molecule has 18 heavy (non-hydrogen) atoms. The topological polar surface area (TPSA) is 37.0 Å². The van der Waals surface area contributed by atoms with Crippen LogP contribution in [0.25, 0.3) is 10.9 Å². The van der Waals surface area contributed by atoms with Crippen LogP contribution in [0.1, 0.15) is 18.9 Å². The zero-order valence-corrected chi connectivity index (χ0v) is 10.9. The van der Waals surface area contributed by atoms with E-state index in [4.69, 9.17) is 0 Å². The molecule has 0 fully saturated rings. The first-order valence-electron chi connectivity index (χ1n) is 6.66. The van der Waals surface area contributed by atoms with Crippen LogP contribution in [0.2, 0.25) is 0 Å². The van der Waals surface area contributed by atoms with Crippen molar-refractivity contribution in [3.8, 4) is 0 Å². The lowest BCUT2D eigenvalue weighted by Gasteiger charge is -2.08. The molecule has 1 aromatic heterocycles. The first-order chi connectivity index (χ1) is 8.92. The maximum absolute atomic E-state index is 4.37. The molecule has 1 aromatic carbocycles. The molecule has 0 unspecified atom stereocenters. The molecule has 2 aromatic rings. The van der Waals surface area contributed by atoms with Gasteiger partial charge in [-0.3, -0.25) is 4.98 Å². The quantitative estimate of drug-likeness (QED) is 0.733. The Kier molecular flexibility index (Phi) is 5.12. The Morgan fingerprint density at radius 3 is 2.72 bits per heavy atom. The molecule has 1 heterocycles. The van der Waals surface area contributed by atoms with Crippen LogP contribution in [0, 0.1) is 0 Å². The third kappa shape index (κ3) is 3.52. The number of aromatic nitrogens is 1. The van der Waals surface area contributed by atoms with Crippen molar-refractivity contribution in [1.29, 1.82) is 0 Å². The summed E-state index contributed by atoms with van der Waals surface area (Å²) in [6.07, 6.45) is 3.07. The third-order valence-corrected chi connectivity index (χ3v) is 2.96. The number of fused-ring (bicyclic) bond motifs is 1. The van der Waals surface area contributed by atoms with Crippen LogP contribution < -0.4 is 10.6 Å². The van der Waals surface area contributed by atoms with Crippen LogP contribution in [-0.4, -0.2) is 24.6 Å². The predicted octanol–water partition coefficient (Wildman–Crippen LogP) is 2.32. The van der Waals surface area contributed by atoms with Gasteiger partial charge < -0.3 is 10.6 Å². The largest absolute Gasteiger partial charge is 0.315 e. The van der Waals surface area contributed by atoms with Crippen molar-refractivity contribution in [2.75, 3.05) is 19.6 Å². The zero-order valence-electron chi connectivity index (χ0n) is 10.9. The maximum Gasteiger partial charge on any atom is 0.0705 e. The lowest BCUT2D eigenvalue weighted by Crippen LogP contribution is -2.27. The highest BCUT2D eigenvalue weighted by Gasteiger charge is 2.00. The molecule has 2 N–H and O–H groups in total. The molecule has 0 amide bonds. The van der Waals surface area contributed by atoms with Crippen molar-refractivity contribution >= 4 is 10.9 Å². The molecule has 0 spiro atoms. The number of para-hydroxylation sites is 1. The summed E-state index contributed by atoms with van der Waals surface area (Å²) in [5.74, 6) is 0. The summed E-state index contributed by atoms with van der Waals surface area (Å²) in [7, 11) is 0. The van der Waals surface area contributed by atoms with Crippen LogP contribution in [0.5, 0.6) is 0 Å². The van der Waals surface area contributed by atoms with E-state index in [0.29, 0.717) is 0 Å². The Morgan fingerprint density at radius 2 is 1.83 bits per heavy atom. The highest BCUT2D eigenvalue weighted by Crippen LogP contribution is 2.15. The van der Waals surface area contributed by atoms with Gasteiger partial charge in [0, 0.05) is 31.2 Å². The fraction of sp³-hybridized carbons (Fsp3) is 0.400. The normalized spacial score (nSPS) is 10.9. The zero-order chi connectivity index (χ0) is 12.6. The number of hydrogen-bond acceptors (Lipinski definition) is 3. The maximum atomic E-state index is 4.37. The van der Waals surface area contributed by atoms with Crippen molar-refractivity contribution in [2.45, 2.75) is 19.9 Å². The number of rotatable bonds is 7. The van der Waals surface area contributed by atoms with Gasteiger partial charge in [-0.25, -0.2) is 0 Å². The molecule has 96 valence electrons. The molecule has 0 saturated heterocycles. The Hall–Kier alpha value is -1.45. The van der Waals surface area contributed by atoms with E-state index < -0.39 is 0 Å². The first-order valence-corrected chi connectivity index (χ1v) is 6.66. The van der Waals surface area contributed by atoms with Gasteiger partial charge in [0.25, 0.3) is 0 Å². The van der Waals surface area contributed by atoms with Crippen molar-refractivity contribution in [1.82, 2.24) is 15.6 Å². The molecule has 0 atom stereocenters. The monoisotopic (exact) mass is 243 g/mol. The average molecular weight is 243 g/mol. The molecule has 0 radical (unpaired) electrons. The third-order valence-electron chi connectivity index (χ3n) is 2.96. The molecule has 0 aliphatic rings. The van der Waals surface area contributed by atoms with E-state index in [2.05, 4.69) is 46.8 Å². The van der Waals surface area contributed by atoms with E-state index in [1.54, 1.807) is 0 Å². The highest BCUT2D eigenvalue weighted by molar-refractivity contribution is 5.81. The van der Waals surface area contributed by atoms with Crippen LogP contribution in [0.15, 0.2) is 36.5 Å². The van der Waals surface area contributed by atoms with Crippen molar-refractivity contribution in [2.24, 2.45) is 0 Å². The van der Waals surface area contributed by atoms with Gasteiger partial charge in [0.2, 0.25) is 0 Å². The first kappa shape index (κ1) is 13.0. The Bertz CT molecular complexity index is 477. The van der Waals surface area contributed by atoms with Gasteiger partial charge in [0.15, 0.2) is 0 Å². The minimum Gasteiger partial charge on any atom is -0.315 e. The van der Waals surface area contributed by atoms with Gasteiger partial charge in [0.05, 0.1) is 5.52 Å².